The fourth-order valence-electron chi connectivity index (χ4n) is 2.16. The van der Waals surface area contributed by atoms with Crippen molar-refractivity contribution in [3.63, 3.8) is 0 Å². The largest absolute Gasteiger partial charge is 0.300 e. The third-order valence-corrected chi connectivity index (χ3v) is 3.86. The Bertz CT molecular complexity index is 697. The van der Waals surface area contributed by atoms with Crippen molar-refractivity contribution in [2.24, 2.45) is 5.90 Å². The molecule has 1 saturated heterocycles. The molecule has 0 spiro atoms. The molecule has 2 N–H and O–H groups in total. The number of nitrogens with two attached hydrogens (primary N) is 1. The molecule has 0 bridgehead atoms. The molecule has 126 valence electrons. The summed E-state index contributed by atoms with van der Waals surface area (Å²) < 4.78 is 0. The summed E-state index contributed by atoms with van der Waals surface area (Å²) in [7, 11) is 0. The second-order valence-electron chi connectivity index (χ2n) is 5.68. The van der Waals surface area contributed by atoms with Crippen LogP contribution in [0, 0.1) is 25.2 Å². The number of rotatable bonds is 5. The van der Waals surface area contributed by atoms with Crippen LogP contribution >= 0.6 is 0 Å². The molecular formula is C19H23N3O2. The molecule has 0 aliphatic carbocycles. The second-order valence-corrected chi connectivity index (χ2v) is 5.68. The number of hydroxylamine groups is 2. The van der Waals surface area contributed by atoms with Crippen molar-refractivity contribution in [2.75, 3.05) is 6.54 Å². The Labute approximate surface area is 143 Å². The Kier molecular flexibility index (Phi) is 6.91. The van der Waals surface area contributed by atoms with Crippen molar-refractivity contribution in [3.05, 3.63) is 70.8 Å². The summed E-state index contributed by atoms with van der Waals surface area (Å²) >= 11 is 0. The summed E-state index contributed by atoms with van der Waals surface area (Å²) in [6.45, 7) is 5.89. The summed E-state index contributed by atoms with van der Waals surface area (Å²) in [6, 6.07) is 18.2. The van der Waals surface area contributed by atoms with Gasteiger partial charge in [-0.2, -0.15) is 10.3 Å². The summed E-state index contributed by atoms with van der Waals surface area (Å²) in [5.41, 5.74) is 4.76. The van der Waals surface area contributed by atoms with Crippen LogP contribution in [0.1, 0.15) is 22.3 Å². The van der Waals surface area contributed by atoms with Crippen molar-refractivity contribution in [3.8, 4) is 6.07 Å². The van der Waals surface area contributed by atoms with E-state index >= 15 is 0 Å². The van der Waals surface area contributed by atoms with Gasteiger partial charge in [0.1, 0.15) is 6.04 Å². The lowest BCUT2D eigenvalue weighted by Crippen LogP contribution is -2.03. The van der Waals surface area contributed by atoms with Gasteiger partial charge in [0.25, 0.3) is 0 Å². The zero-order chi connectivity index (χ0) is 17.4. The lowest BCUT2D eigenvalue weighted by atomic mass is 10.1. The molecule has 0 radical (unpaired) electrons. The first-order chi connectivity index (χ1) is 11.7. The lowest BCUT2D eigenvalue weighted by Gasteiger charge is -2.06. The van der Waals surface area contributed by atoms with Gasteiger partial charge >= 0.3 is 0 Å². The van der Waals surface area contributed by atoms with Gasteiger partial charge in [-0.3, -0.25) is 9.68 Å². The highest BCUT2D eigenvalue weighted by atomic mass is 16.7. The zero-order valence-electron chi connectivity index (χ0n) is 14.1. The van der Waals surface area contributed by atoms with Crippen LogP contribution in [0.15, 0.2) is 48.5 Å². The van der Waals surface area contributed by atoms with E-state index in [1.54, 1.807) is 5.06 Å². The number of nitrogens with zero attached hydrogens (tertiary/aromatic N) is 2. The zero-order valence-corrected chi connectivity index (χ0v) is 14.1. The van der Waals surface area contributed by atoms with Gasteiger partial charge in [-0.05, 0) is 36.1 Å². The summed E-state index contributed by atoms with van der Waals surface area (Å²) in [5.74, 6) is 4.93. The third-order valence-electron chi connectivity index (χ3n) is 3.86. The van der Waals surface area contributed by atoms with E-state index in [1.165, 1.54) is 16.7 Å². The Balaban J connectivity index is 0.000000185. The molecular weight excluding hydrogens is 302 g/mol. The first kappa shape index (κ1) is 18.1. The molecule has 0 amide bonds. The maximum Gasteiger partial charge on any atom is 0.137 e. The van der Waals surface area contributed by atoms with Crippen molar-refractivity contribution in [2.45, 2.75) is 33.1 Å². The van der Waals surface area contributed by atoms with Gasteiger partial charge in [0.05, 0.1) is 25.8 Å². The monoisotopic (exact) mass is 325 g/mol. The molecule has 1 aliphatic rings. The second kappa shape index (κ2) is 9.16. The number of aryl methyl sites for hydroxylation is 2. The molecule has 1 fully saturated rings. The quantitative estimate of drug-likeness (QED) is 0.676. The molecule has 5 heteroatoms. The van der Waals surface area contributed by atoms with E-state index in [2.05, 4.69) is 23.9 Å². The van der Waals surface area contributed by atoms with Gasteiger partial charge in [0.2, 0.25) is 0 Å². The molecule has 0 saturated carbocycles. The molecule has 1 aliphatic heterocycles. The molecule has 2 aromatic rings. The van der Waals surface area contributed by atoms with E-state index < -0.39 is 0 Å². The van der Waals surface area contributed by atoms with Crippen LogP contribution in [-0.2, 0) is 22.9 Å². The smallest absolute Gasteiger partial charge is 0.137 e. The maximum atomic E-state index is 8.56. The molecule has 2 aromatic carbocycles. The lowest BCUT2D eigenvalue weighted by molar-refractivity contribution is -0.0828. The fourth-order valence-corrected chi connectivity index (χ4v) is 2.16. The Morgan fingerprint density at radius 1 is 1.04 bits per heavy atom. The van der Waals surface area contributed by atoms with Crippen LogP contribution in [0.2, 0.25) is 0 Å². The van der Waals surface area contributed by atoms with Crippen LogP contribution in [0.25, 0.3) is 0 Å². The van der Waals surface area contributed by atoms with Gasteiger partial charge < -0.3 is 0 Å². The first-order valence-electron chi connectivity index (χ1n) is 7.85. The van der Waals surface area contributed by atoms with Crippen LogP contribution in [0.5, 0.6) is 0 Å². The van der Waals surface area contributed by atoms with Gasteiger partial charge in [-0.15, -0.1) is 0 Å². The van der Waals surface area contributed by atoms with Crippen LogP contribution in [0.4, 0.5) is 0 Å². The Hall–Kier alpha value is -2.23. The maximum absolute atomic E-state index is 8.56. The van der Waals surface area contributed by atoms with E-state index in [0.717, 1.165) is 12.1 Å². The third kappa shape index (κ3) is 5.44. The summed E-state index contributed by atoms with van der Waals surface area (Å²) in [5, 5.41) is 10.3. The highest BCUT2D eigenvalue weighted by Crippen LogP contribution is 2.19. The number of benzene rings is 2. The van der Waals surface area contributed by atoms with E-state index in [9.17, 15) is 0 Å². The van der Waals surface area contributed by atoms with E-state index in [0.29, 0.717) is 13.2 Å². The molecule has 3 rings (SSSR count). The molecule has 24 heavy (non-hydrogen) atoms. The van der Waals surface area contributed by atoms with Gasteiger partial charge in [-0.1, -0.05) is 48.5 Å². The van der Waals surface area contributed by atoms with E-state index in [4.69, 9.17) is 16.0 Å². The predicted octanol–water partition coefficient (Wildman–Crippen LogP) is 3.02. The fraction of sp³-hybridized carbons (Fsp3) is 0.316. The van der Waals surface area contributed by atoms with Crippen molar-refractivity contribution < 1.29 is 9.68 Å². The van der Waals surface area contributed by atoms with Crippen LogP contribution in [0.3, 0.4) is 0 Å². The highest BCUT2D eigenvalue weighted by molar-refractivity contribution is 5.25. The minimum absolute atomic E-state index is 0.0287. The summed E-state index contributed by atoms with van der Waals surface area (Å²) in [4.78, 5) is 9.94. The molecule has 2 unspecified atom stereocenters. The van der Waals surface area contributed by atoms with Gasteiger partial charge in [0.15, 0.2) is 0 Å². The average Bonchev–Trinajstić information content (AvgIpc) is 3.36. The van der Waals surface area contributed by atoms with Gasteiger partial charge in [-0.25, -0.2) is 5.90 Å². The van der Waals surface area contributed by atoms with Crippen molar-refractivity contribution in [1.82, 2.24) is 5.06 Å². The minimum Gasteiger partial charge on any atom is -0.300 e. The Morgan fingerprint density at radius 2 is 1.58 bits per heavy atom. The van der Waals surface area contributed by atoms with E-state index in [-0.39, 0.29) is 6.04 Å². The van der Waals surface area contributed by atoms with Crippen LogP contribution in [-0.4, -0.2) is 17.6 Å². The minimum atomic E-state index is -0.0287. The SMILES string of the molecule is Cc1ccccc1CON.Cc1ccccc1CON1CC1C#N. The molecule has 5 nitrogen and oxygen atoms in total. The predicted molar refractivity (Wildman–Crippen MR) is 92.2 cm³/mol. The van der Waals surface area contributed by atoms with Crippen LogP contribution < -0.4 is 5.90 Å². The first-order valence-corrected chi connectivity index (χ1v) is 7.85. The Morgan fingerprint density at radius 3 is 2.04 bits per heavy atom. The van der Waals surface area contributed by atoms with Crippen molar-refractivity contribution in [1.29, 1.82) is 5.26 Å². The standard InChI is InChI=1S/C11H12N2O.C8H11NO/c1-9-4-2-3-5-10(9)8-14-13-7-11(13)6-12;1-7-4-2-3-5-8(7)6-10-9/h2-5,11H,7-8H2,1H3;2-5H,6,9H2,1H3. The number of nitriles is 1. The summed E-state index contributed by atoms with van der Waals surface area (Å²) in [6.07, 6.45) is 0. The van der Waals surface area contributed by atoms with Crippen molar-refractivity contribution >= 4 is 0 Å². The molecule has 1 heterocycles. The normalized spacial score (nSPS) is 18.2. The van der Waals surface area contributed by atoms with Gasteiger partial charge in [0, 0.05) is 0 Å². The average molecular weight is 325 g/mol. The number of hydrogen-bond donors (Lipinski definition) is 1. The van der Waals surface area contributed by atoms with E-state index in [1.807, 2.05) is 49.4 Å². The number of hydrogen-bond acceptors (Lipinski definition) is 5. The highest BCUT2D eigenvalue weighted by Gasteiger charge is 2.35. The molecule has 0 aromatic heterocycles. The molecule has 2 atom stereocenters. The topological polar surface area (TPSA) is 71.3 Å².